The normalized spacial score (nSPS) is 18.6. The van der Waals surface area contributed by atoms with Crippen molar-refractivity contribution >= 4 is 34.2 Å². The van der Waals surface area contributed by atoms with Crippen LogP contribution in [0.2, 0.25) is 0 Å². The number of nitrogens with one attached hydrogen (secondary N) is 1. The molecule has 1 aliphatic heterocycles. The number of hydrogen-bond donors (Lipinski definition) is 1. The predicted molar refractivity (Wildman–Crippen MR) is 170 cm³/mol. The Hall–Kier alpha value is -5.18. The number of aryl methyl sites for hydroxylation is 2. The summed E-state index contributed by atoms with van der Waals surface area (Å²) in [5, 5.41) is 3.51. The molecule has 2 aliphatic rings. The van der Waals surface area contributed by atoms with Gasteiger partial charge in [0.05, 0.1) is 5.69 Å². The third-order valence-electron chi connectivity index (χ3n) is 9.07. The number of carbonyl (C=O) groups excluding carboxylic acids is 3. The topological polar surface area (TPSA) is 97.2 Å². The van der Waals surface area contributed by atoms with Gasteiger partial charge in [-0.3, -0.25) is 14.4 Å². The van der Waals surface area contributed by atoms with E-state index in [1.165, 1.54) is 6.92 Å². The first kappa shape index (κ1) is 28.6. The number of Topliss-reactive ketones (excluding diaryl/α,β-unsaturated/α-hetero) is 1. The zero-order valence-corrected chi connectivity index (χ0v) is 25.3. The number of likely N-dealkylation sites (tertiary alicyclic amines) is 1. The Bertz CT molecular complexity index is 2000. The summed E-state index contributed by atoms with van der Waals surface area (Å²) in [5.41, 5.74) is 5.13. The zero-order valence-electron chi connectivity index (χ0n) is 25.3. The van der Waals surface area contributed by atoms with Crippen molar-refractivity contribution in [2.75, 3.05) is 5.32 Å². The molecule has 0 unspecified atom stereocenters. The van der Waals surface area contributed by atoms with Crippen LogP contribution in [0.1, 0.15) is 41.5 Å². The summed E-state index contributed by atoms with van der Waals surface area (Å²) >= 11 is 0. The van der Waals surface area contributed by atoms with Crippen LogP contribution in [0.3, 0.4) is 0 Å². The number of halogens is 1. The first-order valence-corrected chi connectivity index (χ1v) is 15.1. The second kappa shape index (κ2) is 11.1. The SMILES string of the molecule is CC(=O)c1cn(CC(=O)N2[C@@H]3C[C@@H]3C[C@H]2C(=O)Nc2cccc(-c3ccccc3C)c2F)c2ccc(-c3cnc(C)nc3)cc12. The van der Waals surface area contributed by atoms with E-state index in [2.05, 4.69) is 15.3 Å². The van der Waals surface area contributed by atoms with Crippen molar-refractivity contribution in [3.05, 3.63) is 102 Å². The quantitative estimate of drug-likeness (QED) is 0.219. The van der Waals surface area contributed by atoms with E-state index in [4.69, 9.17) is 0 Å². The van der Waals surface area contributed by atoms with E-state index in [0.29, 0.717) is 23.4 Å². The van der Waals surface area contributed by atoms with Crippen molar-refractivity contribution < 1.29 is 18.8 Å². The average Bonchev–Trinajstić information content (AvgIpc) is 3.53. The van der Waals surface area contributed by atoms with Crippen LogP contribution in [0.25, 0.3) is 33.2 Å². The monoisotopic (exact) mass is 601 g/mol. The molecular formula is C36H32FN5O3. The fourth-order valence-electron chi connectivity index (χ4n) is 6.63. The molecule has 1 N–H and O–H groups in total. The molecule has 3 atom stereocenters. The van der Waals surface area contributed by atoms with Gasteiger partial charge >= 0.3 is 0 Å². The standard InChI is InChI=1S/C36H32FN5O3/c1-20-7-4-5-8-26(20)27-9-6-10-30(35(27)37)40-36(45)33-15-24-14-32(24)42(33)34(44)19-41-18-29(21(2)43)28-13-23(11-12-31(28)41)25-16-38-22(3)39-17-25/h4-13,16-18,24,32-33H,14-15,19H2,1-3H3,(H,40,45)/t24-,32-,33+/m1/s1. The van der Waals surface area contributed by atoms with E-state index in [-0.39, 0.29) is 35.9 Å². The summed E-state index contributed by atoms with van der Waals surface area (Å²) in [6.07, 6.45) is 6.58. The Morgan fingerprint density at radius 1 is 0.933 bits per heavy atom. The third-order valence-corrected chi connectivity index (χ3v) is 9.07. The lowest BCUT2D eigenvalue weighted by molar-refractivity contribution is -0.138. The van der Waals surface area contributed by atoms with Gasteiger partial charge in [-0.15, -0.1) is 0 Å². The van der Waals surface area contributed by atoms with E-state index in [1.54, 1.807) is 46.3 Å². The molecule has 1 saturated heterocycles. The number of fused-ring (bicyclic) bond motifs is 2. The predicted octanol–water partition coefficient (Wildman–Crippen LogP) is 6.35. The lowest BCUT2D eigenvalue weighted by Crippen LogP contribution is -2.46. The van der Waals surface area contributed by atoms with Gasteiger partial charge in [-0.05, 0) is 74.4 Å². The van der Waals surface area contributed by atoms with Gasteiger partial charge in [-0.2, -0.15) is 0 Å². The minimum Gasteiger partial charge on any atom is -0.337 e. The summed E-state index contributed by atoms with van der Waals surface area (Å²) in [6.45, 7) is 5.21. The summed E-state index contributed by atoms with van der Waals surface area (Å²) in [6, 6.07) is 17.5. The highest BCUT2D eigenvalue weighted by Crippen LogP contribution is 2.48. The summed E-state index contributed by atoms with van der Waals surface area (Å²) in [7, 11) is 0. The van der Waals surface area contributed by atoms with Crippen LogP contribution in [0, 0.1) is 25.6 Å². The minimum absolute atomic E-state index is 0.0151. The van der Waals surface area contributed by atoms with Gasteiger partial charge in [-0.1, -0.05) is 42.5 Å². The molecule has 0 spiro atoms. The van der Waals surface area contributed by atoms with Gasteiger partial charge in [0.15, 0.2) is 11.6 Å². The van der Waals surface area contributed by atoms with Gasteiger partial charge in [0.25, 0.3) is 0 Å². The minimum atomic E-state index is -0.704. The summed E-state index contributed by atoms with van der Waals surface area (Å²) < 4.78 is 17.4. The number of amides is 2. The number of piperidine rings is 1. The molecule has 7 rings (SSSR count). The smallest absolute Gasteiger partial charge is 0.247 e. The number of aromatic nitrogens is 3. The molecule has 3 heterocycles. The highest BCUT2D eigenvalue weighted by atomic mass is 19.1. The molecule has 2 amide bonds. The number of anilines is 1. The van der Waals surface area contributed by atoms with Gasteiger partial charge in [0.1, 0.15) is 18.4 Å². The number of hydrogen-bond acceptors (Lipinski definition) is 5. The fourth-order valence-corrected chi connectivity index (χ4v) is 6.63. The fraction of sp³-hybridized carbons (Fsp3) is 0.250. The average molecular weight is 602 g/mol. The maximum atomic E-state index is 15.7. The molecule has 45 heavy (non-hydrogen) atoms. The molecule has 1 saturated carbocycles. The number of carbonyl (C=O) groups is 3. The van der Waals surface area contributed by atoms with Crippen molar-refractivity contribution in [2.24, 2.45) is 5.92 Å². The Morgan fingerprint density at radius 2 is 1.69 bits per heavy atom. The van der Waals surface area contributed by atoms with E-state index in [0.717, 1.165) is 39.6 Å². The molecule has 226 valence electrons. The third kappa shape index (κ3) is 5.18. The van der Waals surface area contributed by atoms with Crippen molar-refractivity contribution in [1.82, 2.24) is 19.4 Å². The van der Waals surface area contributed by atoms with Crippen LogP contribution in [0.5, 0.6) is 0 Å². The maximum Gasteiger partial charge on any atom is 0.247 e. The van der Waals surface area contributed by atoms with Crippen LogP contribution in [-0.4, -0.2) is 49.1 Å². The lowest BCUT2D eigenvalue weighted by atomic mass is 9.99. The largest absolute Gasteiger partial charge is 0.337 e. The summed E-state index contributed by atoms with van der Waals surface area (Å²) in [4.78, 5) is 50.3. The van der Waals surface area contributed by atoms with Gasteiger partial charge in [-0.25, -0.2) is 14.4 Å². The molecule has 0 radical (unpaired) electrons. The molecule has 3 aromatic carbocycles. The van der Waals surface area contributed by atoms with Crippen molar-refractivity contribution in [3.63, 3.8) is 0 Å². The van der Waals surface area contributed by atoms with E-state index in [9.17, 15) is 14.4 Å². The molecule has 5 aromatic rings. The molecule has 8 nitrogen and oxygen atoms in total. The number of ketones is 1. The van der Waals surface area contributed by atoms with Crippen LogP contribution < -0.4 is 5.32 Å². The Morgan fingerprint density at radius 3 is 2.44 bits per heavy atom. The molecule has 2 fully saturated rings. The van der Waals surface area contributed by atoms with Gasteiger partial charge < -0.3 is 14.8 Å². The number of benzene rings is 3. The molecule has 9 heteroatoms. The molecule has 0 bridgehead atoms. The summed E-state index contributed by atoms with van der Waals surface area (Å²) in [5.74, 6) is -0.309. The van der Waals surface area contributed by atoms with Crippen molar-refractivity contribution in [3.8, 4) is 22.3 Å². The van der Waals surface area contributed by atoms with Gasteiger partial charge in [0.2, 0.25) is 11.8 Å². The van der Waals surface area contributed by atoms with Crippen LogP contribution in [0.4, 0.5) is 10.1 Å². The van der Waals surface area contributed by atoms with Gasteiger partial charge in [0, 0.05) is 52.2 Å². The lowest BCUT2D eigenvalue weighted by Gasteiger charge is -2.27. The number of rotatable bonds is 7. The molecule has 2 aromatic heterocycles. The number of nitrogens with zero attached hydrogens (tertiary/aromatic N) is 4. The Balaban J connectivity index is 1.14. The van der Waals surface area contributed by atoms with Crippen molar-refractivity contribution in [1.29, 1.82) is 0 Å². The van der Waals surface area contributed by atoms with Crippen LogP contribution in [-0.2, 0) is 16.1 Å². The first-order valence-electron chi connectivity index (χ1n) is 15.1. The maximum absolute atomic E-state index is 15.7. The Kier molecular flexibility index (Phi) is 7.03. The highest BCUT2D eigenvalue weighted by molar-refractivity contribution is 6.08. The van der Waals surface area contributed by atoms with E-state index >= 15 is 4.39 Å². The molecule has 1 aliphatic carbocycles. The second-order valence-electron chi connectivity index (χ2n) is 12.1. The zero-order chi connectivity index (χ0) is 31.4. The van der Waals surface area contributed by atoms with E-state index < -0.39 is 17.8 Å². The Labute approximate surface area is 259 Å². The second-order valence-corrected chi connectivity index (χ2v) is 12.1. The molecular weight excluding hydrogens is 569 g/mol. The highest BCUT2D eigenvalue weighted by Gasteiger charge is 2.56. The van der Waals surface area contributed by atoms with E-state index in [1.807, 2.05) is 56.3 Å². The van der Waals surface area contributed by atoms with Crippen molar-refractivity contribution in [2.45, 2.75) is 52.2 Å². The van der Waals surface area contributed by atoms with Crippen LogP contribution in [0.15, 0.2) is 79.3 Å². The van der Waals surface area contributed by atoms with Crippen LogP contribution >= 0.6 is 0 Å². The first-order chi connectivity index (χ1) is 21.7.